The zero-order valence-electron chi connectivity index (χ0n) is 5.93. The average Bonchev–Trinajstić information content (AvgIpc) is 2.17. The van der Waals surface area contributed by atoms with Crippen LogP contribution in [0.25, 0.3) is 0 Å². The van der Waals surface area contributed by atoms with Gasteiger partial charge in [0.05, 0.1) is 18.6 Å². The lowest BCUT2D eigenvalue weighted by Gasteiger charge is -2.32. The largest absolute Gasteiger partial charge is 0.382 e. The van der Waals surface area contributed by atoms with E-state index in [2.05, 4.69) is 26.3 Å². The Kier molecular flexibility index (Phi) is 2.35. The van der Waals surface area contributed by atoms with Crippen LogP contribution in [0.15, 0.2) is 15.6 Å². The molecule has 0 aromatic carbocycles. The van der Waals surface area contributed by atoms with Gasteiger partial charge in [-0.25, -0.2) is 5.32 Å². The fourth-order valence-corrected chi connectivity index (χ4v) is 0.806. The highest BCUT2D eigenvalue weighted by Crippen LogP contribution is 2.16. The molecule has 0 saturated carbocycles. The molecule has 12 heavy (non-hydrogen) atoms. The van der Waals surface area contributed by atoms with Crippen LogP contribution in [-0.4, -0.2) is 24.3 Å². The SMILES string of the molecule is O=NN1CNCNC1(N=O)N=O. The zero-order valence-corrected chi connectivity index (χ0v) is 5.93. The maximum absolute atomic E-state index is 10.2. The van der Waals surface area contributed by atoms with Crippen molar-refractivity contribution in [3.8, 4) is 0 Å². The van der Waals surface area contributed by atoms with E-state index in [1.807, 2.05) is 0 Å². The third kappa shape index (κ3) is 1.14. The van der Waals surface area contributed by atoms with Gasteiger partial charge >= 0.3 is 5.91 Å². The van der Waals surface area contributed by atoms with Crippen LogP contribution < -0.4 is 10.6 Å². The molecule has 0 spiro atoms. The number of nitrogens with zero attached hydrogens (tertiary/aromatic N) is 4. The molecule has 2 N–H and O–H groups in total. The third-order valence-corrected chi connectivity index (χ3v) is 1.43. The summed E-state index contributed by atoms with van der Waals surface area (Å²) >= 11 is 0. The van der Waals surface area contributed by atoms with Crippen molar-refractivity contribution < 1.29 is 0 Å². The minimum atomic E-state index is -2.09. The quantitative estimate of drug-likeness (QED) is 0.542. The first-order chi connectivity index (χ1) is 5.79. The molecule has 0 aromatic heterocycles. The lowest BCUT2D eigenvalue weighted by molar-refractivity contribution is 0.0241. The minimum Gasteiger partial charge on any atom is -0.285 e. The molecule has 1 saturated heterocycles. The van der Waals surface area contributed by atoms with Crippen LogP contribution in [0.3, 0.4) is 0 Å². The predicted octanol–water partition coefficient (Wildman–Crippen LogP) is -0.778. The van der Waals surface area contributed by atoms with E-state index >= 15 is 0 Å². The Bertz CT molecular complexity index is 198. The van der Waals surface area contributed by atoms with Crippen LogP contribution in [0.4, 0.5) is 0 Å². The van der Waals surface area contributed by atoms with Gasteiger partial charge in [-0.05, 0) is 0 Å². The van der Waals surface area contributed by atoms with Crippen LogP contribution in [0.2, 0.25) is 0 Å². The van der Waals surface area contributed by atoms with E-state index in [1.54, 1.807) is 0 Å². The van der Waals surface area contributed by atoms with Gasteiger partial charge in [0, 0.05) is 10.4 Å². The Morgan fingerprint density at radius 2 is 1.92 bits per heavy atom. The van der Waals surface area contributed by atoms with Gasteiger partial charge in [0.1, 0.15) is 0 Å². The fraction of sp³-hybridized carbons (Fsp3) is 1.00. The van der Waals surface area contributed by atoms with Crippen molar-refractivity contribution in [1.29, 1.82) is 0 Å². The van der Waals surface area contributed by atoms with Crippen LogP contribution in [0, 0.1) is 14.7 Å². The van der Waals surface area contributed by atoms with Crippen molar-refractivity contribution in [2.24, 2.45) is 15.6 Å². The van der Waals surface area contributed by atoms with Crippen LogP contribution in [-0.2, 0) is 0 Å². The molecule has 0 bridgehead atoms. The summed E-state index contributed by atoms with van der Waals surface area (Å²) in [5.74, 6) is -2.09. The van der Waals surface area contributed by atoms with Gasteiger partial charge in [-0.15, -0.1) is 14.7 Å². The second-order valence-corrected chi connectivity index (χ2v) is 2.06. The Hall–Kier alpha value is -1.48. The van der Waals surface area contributed by atoms with Gasteiger partial charge in [0.2, 0.25) is 0 Å². The predicted molar refractivity (Wildman–Crippen MR) is 38.0 cm³/mol. The minimum absolute atomic E-state index is 0.0476. The van der Waals surface area contributed by atoms with E-state index in [-0.39, 0.29) is 13.3 Å². The normalized spacial score (nSPS) is 21.5. The topological polar surface area (TPSA) is 116 Å². The van der Waals surface area contributed by atoms with E-state index in [0.717, 1.165) is 0 Å². The zero-order chi connectivity index (χ0) is 9.03. The van der Waals surface area contributed by atoms with Crippen LogP contribution in [0.1, 0.15) is 0 Å². The molecule has 0 aromatic rings. The Labute approximate surface area is 66.4 Å². The van der Waals surface area contributed by atoms with Gasteiger partial charge in [-0.1, -0.05) is 0 Å². The molecule has 1 aliphatic heterocycles. The molecule has 0 radical (unpaired) electrons. The molecule has 0 unspecified atom stereocenters. The molecule has 1 aliphatic rings. The molecule has 0 aliphatic carbocycles. The third-order valence-electron chi connectivity index (χ3n) is 1.43. The van der Waals surface area contributed by atoms with Crippen molar-refractivity contribution >= 4 is 0 Å². The van der Waals surface area contributed by atoms with Gasteiger partial charge in [0.25, 0.3) is 0 Å². The number of nitrogens with one attached hydrogen (secondary N) is 2. The molecule has 0 atom stereocenters. The molecular formula is C3H6N6O3. The summed E-state index contributed by atoms with van der Waals surface area (Å²) in [6.07, 6.45) is 0. The van der Waals surface area contributed by atoms with Crippen LogP contribution in [0.5, 0.6) is 0 Å². The van der Waals surface area contributed by atoms with Gasteiger partial charge in [0.15, 0.2) is 0 Å². The van der Waals surface area contributed by atoms with E-state index in [1.165, 1.54) is 0 Å². The maximum Gasteiger partial charge on any atom is 0.382 e. The molecule has 9 nitrogen and oxygen atoms in total. The number of hydrogen-bond donors (Lipinski definition) is 2. The second kappa shape index (κ2) is 3.28. The van der Waals surface area contributed by atoms with E-state index in [4.69, 9.17) is 0 Å². The monoisotopic (exact) mass is 174 g/mol. The average molecular weight is 174 g/mol. The van der Waals surface area contributed by atoms with Crippen molar-refractivity contribution in [2.45, 2.75) is 5.91 Å². The highest BCUT2D eigenvalue weighted by molar-refractivity contribution is 4.82. The van der Waals surface area contributed by atoms with E-state index < -0.39 is 5.91 Å². The highest BCUT2D eigenvalue weighted by Gasteiger charge is 2.43. The van der Waals surface area contributed by atoms with Gasteiger partial charge in [-0.3, -0.25) is 5.32 Å². The highest BCUT2D eigenvalue weighted by atomic mass is 16.3. The van der Waals surface area contributed by atoms with Crippen molar-refractivity contribution in [3.05, 3.63) is 14.7 Å². The number of rotatable bonds is 3. The Balaban J connectivity index is 2.86. The summed E-state index contributed by atoms with van der Waals surface area (Å²) in [7, 11) is 0. The van der Waals surface area contributed by atoms with Gasteiger partial charge in [-0.2, -0.15) is 5.01 Å². The lowest BCUT2D eigenvalue weighted by atomic mass is 10.5. The summed E-state index contributed by atoms with van der Waals surface area (Å²) in [6, 6.07) is 0. The molecule has 1 rings (SSSR count). The second-order valence-electron chi connectivity index (χ2n) is 2.06. The smallest absolute Gasteiger partial charge is 0.285 e. The molecular weight excluding hydrogens is 168 g/mol. The van der Waals surface area contributed by atoms with Gasteiger partial charge < -0.3 is 0 Å². The summed E-state index contributed by atoms with van der Waals surface area (Å²) < 4.78 is 0. The summed E-state index contributed by atoms with van der Waals surface area (Å²) in [6.45, 7) is 0.109. The molecule has 66 valence electrons. The first-order valence-corrected chi connectivity index (χ1v) is 3.05. The summed E-state index contributed by atoms with van der Waals surface area (Å²) in [4.78, 5) is 30.5. The van der Waals surface area contributed by atoms with Crippen LogP contribution >= 0.6 is 0 Å². The Morgan fingerprint density at radius 3 is 2.33 bits per heavy atom. The standard InChI is InChI=1S/C3H6N6O3/c10-6-3(7-11)5-1-4-2-9(3)8-12/h4-5H,1-2H2. The van der Waals surface area contributed by atoms with Crippen molar-refractivity contribution in [3.63, 3.8) is 0 Å². The number of hydrogen-bond acceptors (Lipinski definition) is 8. The van der Waals surface area contributed by atoms with E-state index in [0.29, 0.717) is 5.01 Å². The fourth-order valence-electron chi connectivity index (χ4n) is 0.806. The summed E-state index contributed by atoms with van der Waals surface area (Å²) in [5, 5.41) is 12.7. The molecule has 1 fully saturated rings. The molecule has 0 amide bonds. The molecule has 1 heterocycles. The van der Waals surface area contributed by atoms with E-state index in [9.17, 15) is 14.7 Å². The number of nitroso groups, excluding NO2 is 3. The lowest BCUT2D eigenvalue weighted by Crippen LogP contribution is -2.63. The first kappa shape index (κ1) is 8.62. The maximum atomic E-state index is 10.2. The first-order valence-electron chi connectivity index (χ1n) is 3.05. The summed E-state index contributed by atoms with van der Waals surface area (Å²) in [5.41, 5.74) is 0. The Morgan fingerprint density at radius 1 is 1.25 bits per heavy atom. The van der Waals surface area contributed by atoms with Crippen molar-refractivity contribution in [1.82, 2.24) is 15.6 Å². The van der Waals surface area contributed by atoms with Crippen molar-refractivity contribution in [2.75, 3.05) is 13.3 Å². The molecule has 9 heteroatoms.